The van der Waals surface area contributed by atoms with Crippen molar-refractivity contribution in [1.82, 2.24) is 9.55 Å². The van der Waals surface area contributed by atoms with E-state index in [9.17, 15) is 27.6 Å². The molecule has 12 nitrogen and oxygen atoms in total. The second-order valence-corrected chi connectivity index (χ2v) is 9.78. The van der Waals surface area contributed by atoms with Crippen molar-refractivity contribution in [3.8, 4) is 0 Å². The minimum Gasteiger partial charge on any atom is -0.463 e. The van der Waals surface area contributed by atoms with Crippen LogP contribution in [-0.4, -0.2) is 54.8 Å². The van der Waals surface area contributed by atoms with E-state index in [1.165, 1.54) is 0 Å². The predicted octanol–water partition coefficient (Wildman–Crippen LogP) is 0.607. The summed E-state index contributed by atoms with van der Waals surface area (Å²) in [6, 6.07) is 8.22. The molecule has 34 heavy (non-hydrogen) atoms. The van der Waals surface area contributed by atoms with Crippen molar-refractivity contribution in [2.24, 2.45) is 0 Å². The van der Waals surface area contributed by atoms with E-state index in [0.29, 0.717) is 5.56 Å². The van der Waals surface area contributed by atoms with E-state index in [2.05, 4.69) is 20.9 Å². The van der Waals surface area contributed by atoms with E-state index in [0.717, 1.165) is 24.6 Å². The lowest BCUT2D eigenvalue weighted by molar-refractivity contribution is -0.155. The number of carbonyl (C=O) groups excluding carboxylic acids is 2. The van der Waals surface area contributed by atoms with Crippen LogP contribution in [0.4, 0.5) is 0 Å². The van der Waals surface area contributed by atoms with Gasteiger partial charge in [-0.25, -0.2) is 4.79 Å². The molecular formula is C20H21BrN2O10S. The number of carbonyl (C=O) groups is 2. The summed E-state index contributed by atoms with van der Waals surface area (Å²) < 4.78 is 48.0. The monoisotopic (exact) mass is 560 g/mol. The maximum Gasteiger partial charge on any atom is 0.330 e. The lowest BCUT2D eigenvalue weighted by Crippen LogP contribution is -2.43. The van der Waals surface area contributed by atoms with Crippen LogP contribution in [0.3, 0.4) is 0 Å². The van der Waals surface area contributed by atoms with E-state index in [4.69, 9.17) is 18.4 Å². The summed E-state index contributed by atoms with van der Waals surface area (Å²) in [5.74, 6) is -1.98. The third kappa shape index (κ3) is 6.40. The second kappa shape index (κ2) is 10.6. The molecule has 3 rings (SSSR count). The first-order valence-corrected chi connectivity index (χ1v) is 12.3. The van der Waals surface area contributed by atoms with Crippen LogP contribution in [0.1, 0.15) is 25.6 Å². The summed E-state index contributed by atoms with van der Waals surface area (Å²) in [5.41, 5.74) is -1.17. The summed E-state index contributed by atoms with van der Waals surface area (Å²) in [4.78, 5) is 49.4. The SMILES string of the molecule is CC(=O)OC[C@H]1O[C@@H](n2cc(Br)c(=O)[nH]c2=O)[C@H](OC(C)=O)[C@H]1OS(=O)(=O)Cc1ccccc1. The van der Waals surface area contributed by atoms with Gasteiger partial charge in [0.15, 0.2) is 12.3 Å². The van der Waals surface area contributed by atoms with Crippen molar-refractivity contribution in [3.05, 3.63) is 67.4 Å². The molecule has 2 heterocycles. The highest BCUT2D eigenvalue weighted by Gasteiger charge is 2.51. The summed E-state index contributed by atoms with van der Waals surface area (Å²) in [6.07, 6.45) is -4.45. The molecule has 1 aromatic heterocycles. The van der Waals surface area contributed by atoms with Crippen molar-refractivity contribution in [3.63, 3.8) is 0 Å². The molecule has 1 N–H and O–H groups in total. The molecule has 0 bridgehead atoms. The number of aromatic amines is 1. The minimum absolute atomic E-state index is 0.0325. The van der Waals surface area contributed by atoms with Crippen LogP contribution >= 0.6 is 15.9 Å². The first kappa shape index (κ1) is 25.8. The van der Waals surface area contributed by atoms with Gasteiger partial charge in [-0.2, -0.15) is 8.42 Å². The molecule has 4 atom stereocenters. The summed E-state index contributed by atoms with van der Waals surface area (Å²) in [5, 5.41) is 0. The Bertz CT molecular complexity index is 1270. The zero-order valence-electron chi connectivity index (χ0n) is 18.0. The van der Waals surface area contributed by atoms with Gasteiger partial charge < -0.3 is 14.2 Å². The molecule has 0 aliphatic carbocycles. The fraction of sp³-hybridized carbons (Fsp3) is 0.400. The van der Waals surface area contributed by atoms with Gasteiger partial charge in [-0.05, 0) is 21.5 Å². The first-order chi connectivity index (χ1) is 16.0. The summed E-state index contributed by atoms with van der Waals surface area (Å²) in [7, 11) is -4.26. The number of rotatable bonds is 8. The molecule has 0 amide bonds. The fourth-order valence-electron chi connectivity index (χ4n) is 3.33. The smallest absolute Gasteiger partial charge is 0.330 e. The minimum atomic E-state index is -4.26. The third-order valence-corrected chi connectivity index (χ3v) is 6.45. The number of esters is 2. The van der Waals surface area contributed by atoms with Crippen molar-refractivity contribution in [1.29, 1.82) is 0 Å². The fourth-order valence-corrected chi connectivity index (χ4v) is 4.89. The Morgan fingerprint density at radius 1 is 1.12 bits per heavy atom. The van der Waals surface area contributed by atoms with Gasteiger partial charge >= 0.3 is 17.6 Å². The Kier molecular flexibility index (Phi) is 8.07. The third-order valence-electron chi connectivity index (χ3n) is 4.68. The molecule has 1 saturated heterocycles. The van der Waals surface area contributed by atoms with Crippen LogP contribution in [0.25, 0.3) is 0 Å². The average Bonchev–Trinajstić information content (AvgIpc) is 3.05. The maximum atomic E-state index is 12.8. The van der Waals surface area contributed by atoms with Crippen LogP contribution < -0.4 is 11.2 Å². The van der Waals surface area contributed by atoms with Crippen molar-refractivity contribution < 1.29 is 36.4 Å². The van der Waals surface area contributed by atoms with E-state index in [1.54, 1.807) is 30.3 Å². The molecule has 1 aromatic carbocycles. The van der Waals surface area contributed by atoms with Crippen molar-refractivity contribution in [2.45, 2.75) is 44.1 Å². The molecule has 0 saturated carbocycles. The standard InChI is InChI=1S/C20H21BrN2O10S/c1-11(24)30-9-15-16(33-34(28,29)10-13-6-4-3-5-7-13)17(31-12(2)25)19(32-15)23-8-14(21)18(26)22-20(23)27/h3-8,15-17,19H,9-10H2,1-2H3,(H,22,26,27)/t15-,16+,17-,19-/m1/s1. The normalized spacial score (nSPS) is 22.3. The van der Waals surface area contributed by atoms with Crippen LogP contribution in [0.15, 0.2) is 50.6 Å². The quantitative estimate of drug-likeness (QED) is 0.357. The Hall–Kier alpha value is -2.81. The van der Waals surface area contributed by atoms with E-state index < -0.39 is 70.2 Å². The Labute approximate surface area is 202 Å². The molecule has 0 spiro atoms. The van der Waals surface area contributed by atoms with E-state index in [-0.39, 0.29) is 4.47 Å². The highest BCUT2D eigenvalue weighted by Crippen LogP contribution is 2.35. The first-order valence-electron chi connectivity index (χ1n) is 9.89. The van der Waals surface area contributed by atoms with Gasteiger partial charge in [0.2, 0.25) is 0 Å². The number of halogens is 1. The van der Waals surface area contributed by atoms with Gasteiger partial charge in [-0.15, -0.1) is 0 Å². The van der Waals surface area contributed by atoms with Crippen LogP contribution in [0.5, 0.6) is 0 Å². The van der Waals surface area contributed by atoms with Crippen LogP contribution in [0, 0.1) is 0 Å². The van der Waals surface area contributed by atoms with Crippen molar-refractivity contribution in [2.75, 3.05) is 6.61 Å². The largest absolute Gasteiger partial charge is 0.463 e. The van der Waals surface area contributed by atoms with Gasteiger partial charge in [0, 0.05) is 20.0 Å². The topological polar surface area (TPSA) is 160 Å². The number of nitrogens with one attached hydrogen (secondary N) is 1. The number of H-pyrrole nitrogens is 1. The average molecular weight is 561 g/mol. The van der Waals surface area contributed by atoms with Crippen LogP contribution in [-0.2, 0) is 43.9 Å². The molecular weight excluding hydrogens is 540 g/mol. The molecule has 14 heteroatoms. The Morgan fingerprint density at radius 2 is 1.79 bits per heavy atom. The van der Waals surface area contributed by atoms with Gasteiger partial charge in [-0.1, -0.05) is 30.3 Å². The molecule has 2 aromatic rings. The predicted molar refractivity (Wildman–Crippen MR) is 119 cm³/mol. The maximum absolute atomic E-state index is 12.8. The Balaban J connectivity index is 2.00. The molecule has 184 valence electrons. The van der Waals surface area contributed by atoms with Crippen molar-refractivity contribution >= 4 is 38.0 Å². The summed E-state index contributed by atoms with van der Waals surface area (Å²) in [6.45, 7) is 1.77. The molecule has 1 fully saturated rings. The zero-order valence-corrected chi connectivity index (χ0v) is 20.4. The van der Waals surface area contributed by atoms with Crippen LogP contribution in [0.2, 0.25) is 0 Å². The molecule has 1 aliphatic heterocycles. The molecule has 0 radical (unpaired) electrons. The highest BCUT2D eigenvalue weighted by molar-refractivity contribution is 9.10. The second-order valence-electron chi connectivity index (χ2n) is 7.33. The lowest BCUT2D eigenvalue weighted by Gasteiger charge is -2.24. The van der Waals surface area contributed by atoms with Gasteiger partial charge in [0.05, 0.1) is 4.47 Å². The van der Waals surface area contributed by atoms with E-state index in [1.807, 2.05) is 0 Å². The zero-order chi connectivity index (χ0) is 25.0. The Morgan fingerprint density at radius 3 is 2.41 bits per heavy atom. The lowest BCUT2D eigenvalue weighted by atomic mass is 10.1. The van der Waals surface area contributed by atoms with Gasteiger partial charge in [0.25, 0.3) is 15.7 Å². The van der Waals surface area contributed by atoms with Gasteiger partial charge in [0.1, 0.15) is 24.6 Å². The molecule has 0 unspecified atom stereocenters. The van der Waals surface area contributed by atoms with E-state index >= 15 is 0 Å². The number of nitrogens with zero attached hydrogens (tertiary/aromatic N) is 1. The number of benzene rings is 1. The summed E-state index contributed by atoms with van der Waals surface area (Å²) >= 11 is 3.00. The number of ether oxygens (including phenoxy) is 3. The number of aromatic nitrogens is 2. The highest BCUT2D eigenvalue weighted by atomic mass is 79.9. The molecule has 1 aliphatic rings. The number of hydrogen-bond acceptors (Lipinski definition) is 10. The number of hydrogen-bond donors (Lipinski definition) is 1. The van der Waals surface area contributed by atoms with Gasteiger partial charge in [-0.3, -0.25) is 28.1 Å².